The second-order valence-electron chi connectivity index (χ2n) is 5.93. The van der Waals surface area contributed by atoms with Gasteiger partial charge < -0.3 is 9.73 Å². The Labute approximate surface area is 164 Å². The number of rotatable bonds is 8. The van der Waals surface area contributed by atoms with Crippen LogP contribution in [0.4, 0.5) is 13.2 Å². The first-order chi connectivity index (χ1) is 13.5. The average Bonchev–Trinajstić information content (AvgIpc) is 3.20. The topological polar surface area (TPSA) is 55.1 Å². The second-order valence-corrected chi connectivity index (χ2v) is 7.01. The number of nitrogens with zero attached hydrogens (tertiary/aromatic N) is 1. The van der Waals surface area contributed by atoms with Crippen LogP contribution in [0.15, 0.2) is 70.4 Å². The molecule has 0 spiro atoms. The lowest BCUT2D eigenvalue weighted by atomic mass is 10.1. The molecule has 1 aromatic carbocycles. The van der Waals surface area contributed by atoms with Crippen molar-refractivity contribution < 1.29 is 22.4 Å². The van der Waals surface area contributed by atoms with Crippen LogP contribution in [0, 0.1) is 5.82 Å². The largest absolute Gasteiger partial charge is 0.467 e. The Morgan fingerprint density at radius 3 is 2.64 bits per heavy atom. The van der Waals surface area contributed by atoms with Crippen LogP contribution in [0.25, 0.3) is 0 Å². The number of halogens is 3. The molecule has 8 heteroatoms. The van der Waals surface area contributed by atoms with Gasteiger partial charge >= 0.3 is 0 Å². The zero-order valence-corrected chi connectivity index (χ0v) is 15.5. The summed E-state index contributed by atoms with van der Waals surface area (Å²) >= 11 is 1.07. The highest BCUT2D eigenvalue weighted by molar-refractivity contribution is 7.99. The number of benzene rings is 1. The van der Waals surface area contributed by atoms with Crippen molar-refractivity contribution in [2.24, 2.45) is 0 Å². The van der Waals surface area contributed by atoms with Gasteiger partial charge in [0, 0.05) is 23.9 Å². The molecule has 2 heterocycles. The Balaban J connectivity index is 1.60. The molecule has 0 fully saturated rings. The van der Waals surface area contributed by atoms with Crippen LogP contribution >= 0.6 is 11.8 Å². The van der Waals surface area contributed by atoms with Crippen molar-refractivity contribution in [3.63, 3.8) is 0 Å². The van der Waals surface area contributed by atoms with Crippen molar-refractivity contribution in [3.05, 3.63) is 83.7 Å². The molecule has 0 saturated carbocycles. The van der Waals surface area contributed by atoms with Gasteiger partial charge in [0.05, 0.1) is 18.4 Å². The Hall–Kier alpha value is -2.74. The molecule has 4 nitrogen and oxygen atoms in total. The number of pyridine rings is 1. The Morgan fingerprint density at radius 1 is 1.14 bits per heavy atom. The van der Waals surface area contributed by atoms with E-state index >= 15 is 0 Å². The van der Waals surface area contributed by atoms with Crippen molar-refractivity contribution in [1.82, 2.24) is 10.3 Å². The van der Waals surface area contributed by atoms with E-state index in [0.717, 1.165) is 36.0 Å². The lowest BCUT2D eigenvalue weighted by Gasteiger charge is -2.16. The Morgan fingerprint density at radius 2 is 1.93 bits per heavy atom. The van der Waals surface area contributed by atoms with E-state index in [1.54, 1.807) is 24.3 Å². The third kappa shape index (κ3) is 5.16. The molecule has 146 valence electrons. The summed E-state index contributed by atoms with van der Waals surface area (Å²) in [5.74, 6) is -3.38. The Kier molecular flexibility index (Phi) is 6.41. The maximum absolute atomic E-state index is 14.3. The fraction of sp³-hybridized carbons (Fsp3) is 0.200. The van der Waals surface area contributed by atoms with Crippen LogP contribution in [-0.2, 0) is 12.5 Å². The normalized spacial score (nSPS) is 11.4. The number of alkyl halides is 2. The molecule has 3 rings (SSSR count). The summed E-state index contributed by atoms with van der Waals surface area (Å²) in [6.07, 6.45) is 2.55. The van der Waals surface area contributed by atoms with Crippen molar-refractivity contribution in [2.45, 2.75) is 23.9 Å². The lowest BCUT2D eigenvalue weighted by Crippen LogP contribution is -2.23. The summed E-state index contributed by atoms with van der Waals surface area (Å²) in [6.45, 7) is 0.216. The van der Waals surface area contributed by atoms with Crippen molar-refractivity contribution in [2.75, 3.05) is 5.75 Å². The highest BCUT2D eigenvalue weighted by Gasteiger charge is 2.31. The standard InChI is InChI=1S/C20H17F3N2O2S/c21-15-7-5-14(6-8-15)20(22,23)9-12-28-19-17(4-1-10-24-19)18(26)25-13-16-3-2-11-27-16/h1-8,10-11H,9,12-13H2,(H,25,26). The molecule has 0 atom stereocenters. The molecule has 2 aromatic heterocycles. The number of hydrogen-bond acceptors (Lipinski definition) is 4. The van der Waals surface area contributed by atoms with Gasteiger partial charge in [-0.1, -0.05) is 12.1 Å². The van der Waals surface area contributed by atoms with Crippen LogP contribution in [0.3, 0.4) is 0 Å². The summed E-state index contributed by atoms with van der Waals surface area (Å²) in [6, 6.07) is 10.8. The zero-order valence-electron chi connectivity index (χ0n) is 14.7. The minimum Gasteiger partial charge on any atom is -0.467 e. The minimum absolute atomic E-state index is 0.0415. The molecule has 0 aliphatic rings. The number of thioether (sulfide) groups is 1. The molecule has 28 heavy (non-hydrogen) atoms. The van der Waals surface area contributed by atoms with Crippen molar-refractivity contribution in [3.8, 4) is 0 Å². The van der Waals surface area contributed by atoms with E-state index in [9.17, 15) is 18.0 Å². The first-order valence-electron chi connectivity index (χ1n) is 8.48. The van der Waals surface area contributed by atoms with Crippen LogP contribution in [0.2, 0.25) is 0 Å². The van der Waals surface area contributed by atoms with Gasteiger partial charge in [0.1, 0.15) is 16.6 Å². The molecular weight excluding hydrogens is 389 g/mol. The van der Waals surface area contributed by atoms with E-state index in [0.29, 0.717) is 16.3 Å². The fourth-order valence-electron chi connectivity index (χ4n) is 2.47. The molecule has 0 bridgehead atoms. The number of nitrogens with one attached hydrogen (secondary N) is 1. The van der Waals surface area contributed by atoms with Crippen molar-refractivity contribution in [1.29, 1.82) is 0 Å². The second kappa shape index (κ2) is 8.97. The predicted octanol–water partition coefficient (Wildman–Crippen LogP) is 5.02. The molecular formula is C20H17F3N2O2S. The van der Waals surface area contributed by atoms with E-state index in [1.807, 2.05) is 0 Å². The van der Waals surface area contributed by atoms with E-state index in [1.165, 1.54) is 12.5 Å². The maximum atomic E-state index is 14.3. The minimum atomic E-state index is -3.10. The van der Waals surface area contributed by atoms with E-state index in [4.69, 9.17) is 4.42 Å². The summed E-state index contributed by atoms with van der Waals surface area (Å²) in [5.41, 5.74) is 0.0658. The van der Waals surface area contributed by atoms with Gasteiger partial charge in [-0.15, -0.1) is 11.8 Å². The predicted molar refractivity (Wildman–Crippen MR) is 99.8 cm³/mol. The fourth-order valence-corrected chi connectivity index (χ4v) is 3.47. The number of aromatic nitrogens is 1. The molecule has 0 radical (unpaired) electrons. The quantitative estimate of drug-likeness (QED) is 0.534. The number of carbonyl (C=O) groups excluding carboxylic acids is 1. The zero-order chi connectivity index (χ0) is 20.0. The van der Waals surface area contributed by atoms with Crippen LogP contribution in [0.5, 0.6) is 0 Å². The lowest BCUT2D eigenvalue weighted by molar-refractivity contribution is -0.00707. The van der Waals surface area contributed by atoms with Gasteiger partial charge in [-0.05, 0) is 36.4 Å². The number of amides is 1. The summed E-state index contributed by atoms with van der Waals surface area (Å²) in [4.78, 5) is 16.5. The molecule has 0 aliphatic heterocycles. The number of carbonyl (C=O) groups is 1. The maximum Gasteiger partial charge on any atom is 0.274 e. The van der Waals surface area contributed by atoms with Gasteiger partial charge in [-0.2, -0.15) is 0 Å². The van der Waals surface area contributed by atoms with Crippen molar-refractivity contribution >= 4 is 17.7 Å². The average molecular weight is 406 g/mol. The molecule has 1 N–H and O–H groups in total. The van der Waals surface area contributed by atoms with Gasteiger partial charge in [-0.3, -0.25) is 4.79 Å². The van der Waals surface area contributed by atoms with E-state index < -0.39 is 18.2 Å². The smallest absolute Gasteiger partial charge is 0.274 e. The SMILES string of the molecule is O=C(NCc1ccco1)c1cccnc1SCCC(F)(F)c1ccc(F)cc1. The summed E-state index contributed by atoms with van der Waals surface area (Å²) in [7, 11) is 0. The van der Waals surface area contributed by atoms with Gasteiger partial charge in [0.25, 0.3) is 11.8 Å². The number of hydrogen-bond donors (Lipinski definition) is 1. The molecule has 0 saturated heterocycles. The molecule has 0 aliphatic carbocycles. The van der Waals surface area contributed by atoms with E-state index in [-0.39, 0.29) is 23.8 Å². The van der Waals surface area contributed by atoms with E-state index in [2.05, 4.69) is 10.3 Å². The van der Waals surface area contributed by atoms with Gasteiger partial charge in [0.2, 0.25) is 0 Å². The molecule has 0 unspecified atom stereocenters. The number of furan rings is 1. The first-order valence-corrected chi connectivity index (χ1v) is 9.46. The first kappa shape index (κ1) is 20.0. The molecule has 3 aromatic rings. The monoisotopic (exact) mass is 406 g/mol. The Bertz CT molecular complexity index is 915. The summed E-state index contributed by atoms with van der Waals surface area (Å²) in [5, 5.41) is 3.08. The van der Waals surface area contributed by atoms with Gasteiger partial charge in [-0.25, -0.2) is 18.2 Å². The highest BCUT2D eigenvalue weighted by Crippen LogP contribution is 2.34. The third-order valence-electron chi connectivity index (χ3n) is 3.94. The van der Waals surface area contributed by atoms with Crippen LogP contribution in [-0.4, -0.2) is 16.6 Å². The van der Waals surface area contributed by atoms with Gasteiger partial charge in [0.15, 0.2) is 0 Å². The molecule has 1 amide bonds. The summed E-state index contributed by atoms with van der Waals surface area (Å²) < 4.78 is 46.6. The highest BCUT2D eigenvalue weighted by atomic mass is 32.2. The third-order valence-corrected chi connectivity index (χ3v) is 4.95. The van der Waals surface area contributed by atoms with Crippen LogP contribution in [0.1, 0.15) is 28.1 Å². The van der Waals surface area contributed by atoms with Crippen LogP contribution < -0.4 is 5.32 Å².